The number of benzene rings is 1. The number of likely N-dealkylation sites (N-methyl/N-ethyl adjacent to an activating group) is 1. The van der Waals surface area contributed by atoms with E-state index in [-0.39, 0.29) is 12.0 Å². The predicted octanol–water partition coefficient (Wildman–Crippen LogP) is 3.03. The number of hydrogen-bond acceptors (Lipinski definition) is 7. The molecule has 3 heterocycles. The lowest BCUT2D eigenvalue weighted by Crippen LogP contribution is -2.39. The SMILES string of the molecule is Cc1nnc(CN(C)C(=O)CN2Cc3ccccc3OC(c3ccsc3)C2)o1. The van der Waals surface area contributed by atoms with Gasteiger partial charge in [-0.3, -0.25) is 9.69 Å². The van der Waals surface area contributed by atoms with Crippen molar-refractivity contribution in [1.29, 1.82) is 0 Å². The summed E-state index contributed by atoms with van der Waals surface area (Å²) in [6, 6.07) is 10.1. The molecule has 0 saturated carbocycles. The minimum absolute atomic E-state index is 0.000646. The van der Waals surface area contributed by atoms with E-state index in [4.69, 9.17) is 9.15 Å². The van der Waals surface area contributed by atoms with Crippen LogP contribution in [0.2, 0.25) is 0 Å². The molecule has 1 unspecified atom stereocenters. The van der Waals surface area contributed by atoms with Gasteiger partial charge in [-0.15, -0.1) is 10.2 Å². The fourth-order valence-corrected chi connectivity index (χ4v) is 3.94. The van der Waals surface area contributed by atoms with Gasteiger partial charge in [0.05, 0.1) is 13.1 Å². The number of rotatable bonds is 5. The molecule has 146 valence electrons. The molecule has 0 N–H and O–H groups in total. The van der Waals surface area contributed by atoms with Gasteiger partial charge < -0.3 is 14.1 Å². The van der Waals surface area contributed by atoms with E-state index < -0.39 is 0 Å². The number of aromatic nitrogens is 2. The van der Waals surface area contributed by atoms with Crippen molar-refractivity contribution in [3.63, 3.8) is 0 Å². The maximum absolute atomic E-state index is 12.8. The highest BCUT2D eigenvalue weighted by molar-refractivity contribution is 7.07. The monoisotopic (exact) mass is 398 g/mol. The predicted molar refractivity (Wildman–Crippen MR) is 105 cm³/mol. The molecule has 28 heavy (non-hydrogen) atoms. The lowest BCUT2D eigenvalue weighted by atomic mass is 10.2. The van der Waals surface area contributed by atoms with Crippen molar-refractivity contribution in [2.24, 2.45) is 0 Å². The summed E-state index contributed by atoms with van der Waals surface area (Å²) in [5.74, 6) is 1.81. The zero-order valence-corrected chi connectivity index (χ0v) is 16.7. The van der Waals surface area contributed by atoms with Gasteiger partial charge in [0.1, 0.15) is 11.9 Å². The van der Waals surface area contributed by atoms with Crippen LogP contribution in [0.5, 0.6) is 5.75 Å². The Morgan fingerprint density at radius 1 is 1.32 bits per heavy atom. The van der Waals surface area contributed by atoms with Crippen LogP contribution in [-0.2, 0) is 17.9 Å². The lowest BCUT2D eigenvalue weighted by Gasteiger charge is -2.25. The summed E-state index contributed by atoms with van der Waals surface area (Å²) in [6.07, 6.45) is -0.105. The summed E-state index contributed by atoms with van der Waals surface area (Å²) >= 11 is 1.65. The Hall–Kier alpha value is -2.71. The molecular formula is C20H22N4O3S. The van der Waals surface area contributed by atoms with Crippen molar-refractivity contribution in [3.8, 4) is 5.75 Å². The zero-order chi connectivity index (χ0) is 19.5. The van der Waals surface area contributed by atoms with E-state index in [1.807, 2.05) is 29.6 Å². The van der Waals surface area contributed by atoms with Crippen molar-refractivity contribution >= 4 is 17.2 Å². The third-order valence-corrected chi connectivity index (χ3v) is 5.40. The molecule has 0 bridgehead atoms. The number of thiophene rings is 1. The molecule has 8 heteroatoms. The smallest absolute Gasteiger partial charge is 0.236 e. The summed E-state index contributed by atoms with van der Waals surface area (Å²) in [7, 11) is 1.75. The van der Waals surface area contributed by atoms with E-state index in [0.717, 1.165) is 16.9 Å². The van der Waals surface area contributed by atoms with Crippen molar-refractivity contribution in [2.45, 2.75) is 26.1 Å². The van der Waals surface area contributed by atoms with Crippen LogP contribution in [0.25, 0.3) is 0 Å². The average Bonchev–Trinajstić information content (AvgIpc) is 3.31. The zero-order valence-electron chi connectivity index (χ0n) is 15.9. The van der Waals surface area contributed by atoms with E-state index in [0.29, 0.717) is 38.0 Å². The second-order valence-electron chi connectivity index (χ2n) is 6.91. The largest absolute Gasteiger partial charge is 0.484 e. The molecule has 0 fully saturated rings. The van der Waals surface area contributed by atoms with Crippen molar-refractivity contribution < 1.29 is 13.9 Å². The van der Waals surface area contributed by atoms with Crippen LogP contribution in [0.1, 0.15) is 29.0 Å². The number of aryl methyl sites for hydroxylation is 1. The second-order valence-corrected chi connectivity index (χ2v) is 7.69. The topological polar surface area (TPSA) is 71.7 Å². The van der Waals surface area contributed by atoms with Gasteiger partial charge in [-0.05, 0) is 22.9 Å². The Morgan fingerprint density at radius 3 is 2.93 bits per heavy atom. The summed E-state index contributed by atoms with van der Waals surface area (Å²) in [5.41, 5.74) is 2.22. The third kappa shape index (κ3) is 4.23. The van der Waals surface area contributed by atoms with Crippen molar-refractivity contribution in [2.75, 3.05) is 20.1 Å². The van der Waals surface area contributed by atoms with Crippen LogP contribution in [0, 0.1) is 6.92 Å². The van der Waals surface area contributed by atoms with E-state index >= 15 is 0 Å². The number of fused-ring (bicyclic) bond motifs is 1. The highest BCUT2D eigenvalue weighted by atomic mass is 32.1. The van der Waals surface area contributed by atoms with Crippen molar-refractivity contribution in [3.05, 3.63) is 64.0 Å². The summed E-state index contributed by atoms with van der Waals surface area (Å²) in [5, 5.41) is 11.9. The van der Waals surface area contributed by atoms with Gasteiger partial charge in [-0.2, -0.15) is 11.3 Å². The highest BCUT2D eigenvalue weighted by Gasteiger charge is 2.26. The standard InChI is InChI=1S/C20H22N4O3S/c1-14-21-22-19(26-14)11-23(2)20(25)12-24-9-15-5-3-4-6-17(15)27-18(10-24)16-7-8-28-13-16/h3-8,13,18H,9-12H2,1-2H3. The Morgan fingerprint density at radius 2 is 2.18 bits per heavy atom. The van der Waals surface area contributed by atoms with Crippen molar-refractivity contribution in [1.82, 2.24) is 20.0 Å². The number of ether oxygens (including phenoxy) is 1. The molecule has 7 nitrogen and oxygen atoms in total. The Balaban J connectivity index is 1.48. The highest BCUT2D eigenvalue weighted by Crippen LogP contribution is 2.31. The fraction of sp³-hybridized carbons (Fsp3) is 0.350. The van der Waals surface area contributed by atoms with Gasteiger partial charge in [0.25, 0.3) is 0 Å². The molecule has 1 amide bonds. The minimum atomic E-state index is -0.105. The van der Waals surface area contributed by atoms with E-state index in [1.54, 1.807) is 30.2 Å². The van der Waals surface area contributed by atoms with Crippen LogP contribution in [0.3, 0.4) is 0 Å². The number of para-hydroxylation sites is 1. The molecule has 4 rings (SSSR count). The Kier molecular flexibility index (Phi) is 5.40. The number of nitrogens with zero attached hydrogens (tertiary/aromatic N) is 4. The molecular weight excluding hydrogens is 376 g/mol. The summed E-state index contributed by atoms with van der Waals surface area (Å²) in [6.45, 7) is 3.63. The van der Waals surface area contributed by atoms with Gasteiger partial charge in [-0.1, -0.05) is 18.2 Å². The van der Waals surface area contributed by atoms with E-state index in [1.165, 1.54) is 0 Å². The molecule has 1 aromatic carbocycles. The van der Waals surface area contributed by atoms with Crippen LogP contribution < -0.4 is 4.74 Å². The maximum atomic E-state index is 12.8. The molecule has 0 saturated heterocycles. The summed E-state index contributed by atoms with van der Waals surface area (Å²) < 4.78 is 11.7. The molecule has 0 radical (unpaired) electrons. The first-order valence-corrected chi connectivity index (χ1v) is 10.0. The Bertz CT molecular complexity index is 941. The van der Waals surface area contributed by atoms with Gasteiger partial charge in [0.15, 0.2) is 0 Å². The molecule has 0 spiro atoms. The number of carbonyl (C=O) groups excluding carboxylic acids is 1. The van der Waals surface area contributed by atoms with Gasteiger partial charge in [0.2, 0.25) is 17.7 Å². The first kappa shape index (κ1) is 18.6. The van der Waals surface area contributed by atoms with Crippen LogP contribution in [-0.4, -0.2) is 46.0 Å². The normalized spacial score (nSPS) is 16.9. The van der Waals surface area contributed by atoms with E-state index in [9.17, 15) is 4.79 Å². The first-order valence-electron chi connectivity index (χ1n) is 9.10. The van der Waals surface area contributed by atoms with Crippen LogP contribution in [0.4, 0.5) is 0 Å². The number of amides is 1. The average molecular weight is 398 g/mol. The van der Waals surface area contributed by atoms with Crippen LogP contribution in [0.15, 0.2) is 45.5 Å². The molecule has 3 aromatic rings. The maximum Gasteiger partial charge on any atom is 0.236 e. The third-order valence-electron chi connectivity index (χ3n) is 4.70. The number of hydrogen-bond donors (Lipinski definition) is 0. The van der Waals surface area contributed by atoms with Crippen LogP contribution >= 0.6 is 11.3 Å². The Labute approximate surface area is 167 Å². The molecule has 2 aromatic heterocycles. The molecule has 1 aliphatic heterocycles. The summed E-state index contributed by atoms with van der Waals surface area (Å²) in [4.78, 5) is 16.5. The fourth-order valence-electron chi connectivity index (χ4n) is 3.24. The molecule has 1 atom stereocenters. The van der Waals surface area contributed by atoms with E-state index in [2.05, 4.69) is 26.5 Å². The minimum Gasteiger partial charge on any atom is -0.484 e. The van der Waals surface area contributed by atoms with Gasteiger partial charge in [-0.25, -0.2) is 0 Å². The molecule has 0 aliphatic carbocycles. The lowest BCUT2D eigenvalue weighted by molar-refractivity contribution is -0.132. The van der Waals surface area contributed by atoms with Gasteiger partial charge in [0, 0.05) is 38.2 Å². The number of carbonyl (C=O) groups is 1. The molecule has 1 aliphatic rings. The quantitative estimate of drug-likeness (QED) is 0.658. The first-order chi connectivity index (χ1) is 13.6. The van der Waals surface area contributed by atoms with Gasteiger partial charge >= 0.3 is 0 Å². The second kappa shape index (κ2) is 8.12.